The van der Waals surface area contributed by atoms with Gasteiger partial charge < -0.3 is 9.30 Å². The lowest BCUT2D eigenvalue weighted by molar-refractivity contribution is -0.152. The number of rotatable bonds is 3. The van der Waals surface area contributed by atoms with Crippen LogP contribution in [0.25, 0.3) is 11.0 Å². The van der Waals surface area contributed by atoms with Crippen molar-refractivity contribution >= 4 is 44.8 Å². The van der Waals surface area contributed by atoms with Gasteiger partial charge in [-0.05, 0) is 36.8 Å². The molecule has 132 valence electrons. The minimum atomic E-state index is -0.991. The number of para-hydroxylation sites is 2. The lowest BCUT2D eigenvalue weighted by Crippen LogP contribution is -2.43. The van der Waals surface area contributed by atoms with Crippen molar-refractivity contribution in [1.82, 2.24) is 9.55 Å². The molecule has 1 aliphatic heterocycles. The number of ether oxygens (including phenoxy) is 1. The summed E-state index contributed by atoms with van der Waals surface area (Å²) in [6.07, 6.45) is 0. The molecule has 4 rings (SSSR count). The number of halogens is 1. The van der Waals surface area contributed by atoms with E-state index >= 15 is 0 Å². The number of nitrogens with zero attached hydrogens (tertiary/aromatic N) is 2. The van der Waals surface area contributed by atoms with E-state index in [0.29, 0.717) is 5.95 Å². The van der Waals surface area contributed by atoms with Crippen LogP contribution in [0.2, 0.25) is 0 Å². The zero-order chi connectivity index (χ0) is 18.3. The molecule has 3 aromatic rings. The van der Waals surface area contributed by atoms with Gasteiger partial charge in [-0.25, -0.2) is 4.98 Å². The average molecular weight is 414 g/mol. The fraction of sp³-hybridized carbons (Fsp3) is 0.211. The molecular weight excluding hydrogens is 398 g/mol. The molecule has 26 heavy (non-hydrogen) atoms. The molecule has 0 unspecified atom stereocenters. The van der Waals surface area contributed by atoms with E-state index in [0.717, 1.165) is 21.1 Å². The largest absolute Gasteiger partial charge is 0.465 e. The minimum Gasteiger partial charge on any atom is -0.465 e. The molecular formula is C19H16BrN3O3. The number of imidazole rings is 1. The van der Waals surface area contributed by atoms with Gasteiger partial charge >= 0.3 is 5.97 Å². The minimum absolute atomic E-state index is 0.214. The van der Waals surface area contributed by atoms with Crippen LogP contribution in [0, 0.1) is 5.92 Å². The van der Waals surface area contributed by atoms with E-state index in [1.165, 1.54) is 0 Å². The maximum absolute atomic E-state index is 12.7. The van der Waals surface area contributed by atoms with Gasteiger partial charge in [0.25, 0.3) is 0 Å². The van der Waals surface area contributed by atoms with Crippen LogP contribution in [0.5, 0.6) is 0 Å². The smallest absolute Gasteiger partial charge is 0.321 e. The molecule has 0 saturated carbocycles. The first kappa shape index (κ1) is 16.8. The summed E-state index contributed by atoms with van der Waals surface area (Å²) in [5, 5.41) is 2.75. The molecule has 2 atom stereocenters. The second kappa shape index (κ2) is 6.57. The predicted octanol–water partition coefficient (Wildman–Crippen LogP) is 3.52. The number of hydrogen-bond donors (Lipinski definition) is 1. The summed E-state index contributed by atoms with van der Waals surface area (Å²) in [7, 11) is 0. The standard InChI is InChI=1S/C19H16BrN3O3/c1-2-26-18(25)15-16(11-6-5-7-12(20)10-11)23-14-9-4-3-8-13(14)21-19(23)22-17(15)24/h3-10,15-16H,2H2,1H3,(H,21,22,24)/t15-,16+/m0/s1. The quantitative estimate of drug-likeness (QED) is 0.526. The third-order valence-corrected chi connectivity index (χ3v) is 4.93. The van der Waals surface area contributed by atoms with Gasteiger partial charge in [0.05, 0.1) is 23.7 Å². The van der Waals surface area contributed by atoms with Gasteiger partial charge in [-0.15, -0.1) is 0 Å². The molecule has 0 bridgehead atoms. The van der Waals surface area contributed by atoms with Gasteiger partial charge in [-0.1, -0.05) is 40.2 Å². The highest BCUT2D eigenvalue weighted by Crippen LogP contribution is 2.39. The number of nitrogens with one attached hydrogen (secondary N) is 1. The number of carbonyl (C=O) groups excluding carboxylic acids is 2. The number of benzene rings is 2. The highest BCUT2D eigenvalue weighted by molar-refractivity contribution is 9.10. The SMILES string of the molecule is CCOC(=O)[C@@H]1C(=O)Nc2nc3ccccc3n2[C@@H]1c1cccc(Br)c1. The summed E-state index contributed by atoms with van der Waals surface area (Å²) in [6.45, 7) is 1.94. The summed E-state index contributed by atoms with van der Waals surface area (Å²) in [5.74, 6) is -1.51. The third-order valence-electron chi connectivity index (χ3n) is 4.44. The Morgan fingerprint density at radius 2 is 2.08 bits per heavy atom. The van der Waals surface area contributed by atoms with Crippen LogP contribution in [-0.2, 0) is 14.3 Å². The van der Waals surface area contributed by atoms with Crippen LogP contribution < -0.4 is 5.32 Å². The normalized spacial score (nSPS) is 19.1. The van der Waals surface area contributed by atoms with E-state index in [1.54, 1.807) is 6.92 Å². The molecule has 0 radical (unpaired) electrons. The molecule has 6 nitrogen and oxygen atoms in total. The highest BCUT2D eigenvalue weighted by Gasteiger charge is 2.44. The van der Waals surface area contributed by atoms with Crippen LogP contribution in [0.15, 0.2) is 53.0 Å². The number of aromatic nitrogens is 2. The number of esters is 1. The van der Waals surface area contributed by atoms with Crippen molar-refractivity contribution in [2.45, 2.75) is 13.0 Å². The van der Waals surface area contributed by atoms with E-state index in [4.69, 9.17) is 4.74 Å². The van der Waals surface area contributed by atoms with E-state index in [1.807, 2.05) is 53.1 Å². The Labute approximate surface area is 158 Å². The molecule has 7 heteroatoms. The molecule has 2 heterocycles. The summed E-state index contributed by atoms with van der Waals surface area (Å²) >= 11 is 3.47. The third kappa shape index (κ3) is 2.68. The predicted molar refractivity (Wildman–Crippen MR) is 101 cm³/mol. The number of fused-ring (bicyclic) bond motifs is 3. The summed E-state index contributed by atoms with van der Waals surface area (Å²) < 4.78 is 7.97. The van der Waals surface area contributed by atoms with Gasteiger partial charge in [0.1, 0.15) is 0 Å². The first-order valence-electron chi connectivity index (χ1n) is 8.30. The van der Waals surface area contributed by atoms with Crippen LogP contribution in [0.4, 0.5) is 5.95 Å². The Kier molecular flexibility index (Phi) is 4.24. The van der Waals surface area contributed by atoms with Crippen molar-refractivity contribution < 1.29 is 14.3 Å². The van der Waals surface area contributed by atoms with E-state index in [2.05, 4.69) is 26.2 Å². The van der Waals surface area contributed by atoms with Gasteiger partial charge in [0.15, 0.2) is 5.92 Å². The van der Waals surface area contributed by atoms with Crippen LogP contribution >= 0.6 is 15.9 Å². The average Bonchev–Trinajstić information content (AvgIpc) is 2.98. The van der Waals surface area contributed by atoms with Gasteiger partial charge in [0, 0.05) is 4.47 Å². The van der Waals surface area contributed by atoms with Crippen LogP contribution in [0.3, 0.4) is 0 Å². The Hall–Kier alpha value is -2.67. The lowest BCUT2D eigenvalue weighted by Gasteiger charge is -2.32. The highest BCUT2D eigenvalue weighted by atomic mass is 79.9. The van der Waals surface area contributed by atoms with Crippen molar-refractivity contribution in [1.29, 1.82) is 0 Å². The molecule has 1 amide bonds. The Balaban J connectivity index is 1.97. The summed E-state index contributed by atoms with van der Waals surface area (Å²) in [4.78, 5) is 29.9. The Morgan fingerprint density at radius 1 is 1.27 bits per heavy atom. The first-order chi connectivity index (χ1) is 12.6. The second-order valence-corrected chi connectivity index (χ2v) is 6.93. The van der Waals surface area contributed by atoms with Crippen molar-refractivity contribution in [3.63, 3.8) is 0 Å². The Morgan fingerprint density at radius 3 is 2.85 bits per heavy atom. The molecule has 0 fully saturated rings. The molecule has 1 aliphatic rings. The van der Waals surface area contributed by atoms with E-state index < -0.39 is 23.8 Å². The zero-order valence-electron chi connectivity index (χ0n) is 14.0. The van der Waals surface area contributed by atoms with Crippen LogP contribution in [-0.4, -0.2) is 28.0 Å². The first-order valence-corrected chi connectivity index (χ1v) is 9.09. The number of carbonyl (C=O) groups is 2. The molecule has 0 spiro atoms. The Bertz CT molecular complexity index is 1010. The second-order valence-electron chi connectivity index (χ2n) is 6.01. The van der Waals surface area contributed by atoms with Gasteiger partial charge in [-0.2, -0.15) is 0 Å². The lowest BCUT2D eigenvalue weighted by atomic mass is 9.90. The van der Waals surface area contributed by atoms with Crippen molar-refractivity contribution in [2.24, 2.45) is 5.92 Å². The fourth-order valence-electron chi connectivity index (χ4n) is 3.39. The molecule has 2 aromatic carbocycles. The molecule has 1 aromatic heterocycles. The molecule has 0 aliphatic carbocycles. The number of hydrogen-bond acceptors (Lipinski definition) is 4. The molecule has 0 saturated heterocycles. The molecule has 1 N–H and O–H groups in total. The van der Waals surface area contributed by atoms with Crippen LogP contribution in [0.1, 0.15) is 18.5 Å². The maximum atomic E-state index is 12.7. The van der Waals surface area contributed by atoms with E-state index in [9.17, 15) is 9.59 Å². The van der Waals surface area contributed by atoms with Crippen molar-refractivity contribution in [2.75, 3.05) is 11.9 Å². The van der Waals surface area contributed by atoms with Crippen molar-refractivity contribution in [3.8, 4) is 0 Å². The van der Waals surface area contributed by atoms with Gasteiger partial charge in [-0.3, -0.25) is 14.9 Å². The van der Waals surface area contributed by atoms with Crippen molar-refractivity contribution in [3.05, 3.63) is 58.6 Å². The summed E-state index contributed by atoms with van der Waals surface area (Å²) in [6, 6.07) is 14.7. The fourth-order valence-corrected chi connectivity index (χ4v) is 3.81. The summed E-state index contributed by atoms with van der Waals surface area (Å²) in [5.41, 5.74) is 2.44. The topological polar surface area (TPSA) is 73.2 Å². The van der Waals surface area contributed by atoms with E-state index in [-0.39, 0.29) is 6.61 Å². The van der Waals surface area contributed by atoms with Gasteiger partial charge in [0.2, 0.25) is 11.9 Å². The number of amides is 1. The zero-order valence-corrected chi connectivity index (χ0v) is 15.6. The monoisotopic (exact) mass is 413 g/mol. The number of anilines is 1. The maximum Gasteiger partial charge on any atom is 0.321 e.